The number of hydrogen-bond acceptors (Lipinski definition) is 7. The average molecular weight is 359 g/mol. The zero-order valence-electron chi connectivity index (χ0n) is 13.4. The van der Waals surface area contributed by atoms with Crippen molar-refractivity contribution in [2.24, 2.45) is 0 Å². The lowest BCUT2D eigenvalue weighted by Crippen LogP contribution is -1.90. The molecule has 1 N–H and O–H groups in total. The van der Waals surface area contributed by atoms with Crippen molar-refractivity contribution in [3.8, 4) is 11.5 Å². The minimum Gasteiger partial charge on any atom is -0.497 e. The minimum absolute atomic E-state index is 0.764. The fourth-order valence-corrected chi connectivity index (χ4v) is 3.74. The monoisotopic (exact) mass is 359 g/mol. The molecule has 3 aromatic rings. The summed E-state index contributed by atoms with van der Waals surface area (Å²) in [7, 11) is 3.32. The molecule has 1 heterocycles. The summed E-state index contributed by atoms with van der Waals surface area (Å²) < 4.78 is 11.3. The van der Waals surface area contributed by atoms with Gasteiger partial charge in [0.2, 0.25) is 5.13 Å². The van der Waals surface area contributed by atoms with Crippen molar-refractivity contribution in [2.45, 2.75) is 10.1 Å². The van der Waals surface area contributed by atoms with Crippen LogP contribution in [0, 0.1) is 0 Å². The summed E-state index contributed by atoms with van der Waals surface area (Å²) in [5, 5.41) is 12.4. The summed E-state index contributed by atoms with van der Waals surface area (Å²) in [6.07, 6.45) is 0. The van der Waals surface area contributed by atoms with Crippen molar-refractivity contribution in [1.82, 2.24) is 10.2 Å². The van der Waals surface area contributed by atoms with E-state index in [0.717, 1.165) is 32.4 Å². The molecule has 0 radical (unpaired) electrons. The number of methoxy groups -OCH3 is 2. The maximum Gasteiger partial charge on any atom is 0.210 e. The van der Waals surface area contributed by atoms with Crippen molar-refractivity contribution in [3.63, 3.8) is 0 Å². The van der Waals surface area contributed by atoms with Crippen LogP contribution < -0.4 is 14.8 Å². The fraction of sp³-hybridized carbons (Fsp3) is 0.176. The van der Waals surface area contributed by atoms with E-state index in [1.165, 1.54) is 16.9 Å². The first kappa shape index (κ1) is 16.6. The Kier molecular flexibility index (Phi) is 5.55. The first-order valence-corrected chi connectivity index (χ1v) is 9.07. The molecule has 1 aromatic heterocycles. The van der Waals surface area contributed by atoms with Crippen LogP contribution in [-0.4, -0.2) is 24.4 Å². The van der Waals surface area contributed by atoms with Crippen molar-refractivity contribution < 1.29 is 9.47 Å². The average Bonchev–Trinajstić information content (AvgIpc) is 3.08. The summed E-state index contributed by atoms with van der Waals surface area (Å²) in [5.74, 6) is 2.51. The minimum atomic E-state index is 0.764. The highest BCUT2D eigenvalue weighted by molar-refractivity contribution is 8.00. The van der Waals surface area contributed by atoms with Crippen molar-refractivity contribution >= 4 is 33.9 Å². The summed E-state index contributed by atoms with van der Waals surface area (Å²) >= 11 is 3.20. The van der Waals surface area contributed by atoms with E-state index in [1.54, 1.807) is 26.0 Å². The fourth-order valence-electron chi connectivity index (χ4n) is 2.01. The van der Waals surface area contributed by atoms with E-state index in [2.05, 4.69) is 27.6 Å². The summed E-state index contributed by atoms with van der Waals surface area (Å²) in [4.78, 5) is 0. The SMILES string of the molecule is COc1ccc(CSc2nnc(Nc3cccc(OC)c3)s2)cc1. The zero-order valence-corrected chi connectivity index (χ0v) is 15.0. The van der Waals surface area contributed by atoms with Gasteiger partial charge in [-0.05, 0) is 29.8 Å². The lowest BCUT2D eigenvalue weighted by molar-refractivity contribution is 0.414. The molecule has 3 rings (SSSR count). The predicted octanol–water partition coefficient (Wildman–Crippen LogP) is 4.59. The molecule has 0 saturated carbocycles. The van der Waals surface area contributed by atoms with E-state index in [4.69, 9.17) is 9.47 Å². The van der Waals surface area contributed by atoms with Crippen LogP contribution in [0.1, 0.15) is 5.56 Å². The highest BCUT2D eigenvalue weighted by Crippen LogP contribution is 2.30. The maximum atomic E-state index is 5.22. The third-order valence-corrected chi connectivity index (χ3v) is 5.29. The lowest BCUT2D eigenvalue weighted by Gasteiger charge is -2.04. The number of nitrogens with one attached hydrogen (secondary N) is 1. The Hall–Kier alpha value is -2.25. The second-order valence-electron chi connectivity index (χ2n) is 4.87. The molecule has 0 aliphatic rings. The van der Waals surface area contributed by atoms with Gasteiger partial charge in [0, 0.05) is 17.5 Å². The molecule has 124 valence electrons. The Labute approximate surface area is 149 Å². The highest BCUT2D eigenvalue weighted by Gasteiger charge is 2.06. The molecular weight excluding hydrogens is 342 g/mol. The molecule has 24 heavy (non-hydrogen) atoms. The molecule has 0 amide bonds. The molecule has 0 unspecified atom stereocenters. The molecule has 0 atom stereocenters. The van der Waals surface area contributed by atoms with Gasteiger partial charge in [0.15, 0.2) is 4.34 Å². The number of nitrogens with zero attached hydrogens (tertiary/aromatic N) is 2. The smallest absolute Gasteiger partial charge is 0.210 e. The second kappa shape index (κ2) is 8.03. The predicted molar refractivity (Wildman–Crippen MR) is 98.7 cm³/mol. The maximum absolute atomic E-state index is 5.22. The van der Waals surface area contributed by atoms with Crippen LogP contribution in [0.5, 0.6) is 11.5 Å². The van der Waals surface area contributed by atoms with E-state index in [1.807, 2.05) is 36.4 Å². The molecule has 2 aromatic carbocycles. The van der Waals surface area contributed by atoms with E-state index >= 15 is 0 Å². The van der Waals surface area contributed by atoms with Gasteiger partial charge in [-0.15, -0.1) is 10.2 Å². The van der Waals surface area contributed by atoms with Gasteiger partial charge in [-0.3, -0.25) is 0 Å². The molecule has 0 aliphatic heterocycles. The molecule has 0 saturated heterocycles. The Morgan fingerprint density at radius 1 is 1.00 bits per heavy atom. The van der Waals surface area contributed by atoms with Gasteiger partial charge >= 0.3 is 0 Å². The largest absolute Gasteiger partial charge is 0.497 e. The number of hydrogen-bond donors (Lipinski definition) is 1. The van der Waals surface area contributed by atoms with Crippen molar-refractivity contribution in [3.05, 3.63) is 54.1 Å². The van der Waals surface area contributed by atoms with Crippen molar-refractivity contribution in [1.29, 1.82) is 0 Å². The van der Waals surface area contributed by atoms with E-state index in [-0.39, 0.29) is 0 Å². The van der Waals surface area contributed by atoms with Gasteiger partial charge in [-0.25, -0.2) is 0 Å². The summed E-state index contributed by atoms with van der Waals surface area (Å²) in [5.41, 5.74) is 2.15. The zero-order chi connectivity index (χ0) is 16.8. The van der Waals surface area contributed by atoms with Crippen LogP contribution in [-0.2, 0) is 5.75 Å². The van der Waals surface area contributed by atoms with Crippen LogP contribution in [0.3, 0.4) is 0 Å². The van der Waals surface area contributed by atoms with E-state index in [0.29, 0.717) is 0 Å². The van der Waals surface area contributed by atoms with Gasteiger partial charge in [0.25, 0.3) is 0 Å². The molecule has 0 fully saturated rings. The number of ether oxygens (including phenoxy) is 2. The van der Waals surface area contributed by atoms with Gasteiger partial charge in [0.05, 0.1) is 14.2 Å². The number of thioether (sulfide) groups is 1. The highest BCUT2D eigenvalue weighted by atomic mass is 32.2. The quantitative estimate of drug-likeness (QED) is 0.623. The van der Waals surface area contributed by atoms with Crippen LogP contribution >= 0.6 is 23.1 Å². The van der Waals surface area contributed by atoms with Crippen LogP contribution in [0.25, 0.3) is 0 Å². The first-order chi connectivity index (χ1) is 11.8. The molecule has 0 bridgehead atoms. The number of rotatable bonds is 7. The van der Waals surface area contributed by atoms with Gasteiger partial charge in [-0.2, -0.15) is 0 Å². The second-order valence-corrected chi connectivity index (χ2v) is 7.07. The number of benzene rings is 2. The third-order valence-electron chi connectivity index (χ3n) is 3.25. The topological polar surface area (TPSA) is 56.3 Å². The molecule has 0 spiro atoms. The summed E-state index contributed by atoms with van der Waals surface area (Å²) in [6, 6.07) is 15.8. The van der Waals surface area contributed by atoms with Gasteiger partial charge in [-0.1, -0.05) is 41.3 Å². The van der Waals surface area contributed by atoms with Crippen LogP contribution in [0.2, 0.25) is 0 Å². The van der Waals surface area contributed by atoms with Gasteiger partial charge in [0.1, 0.15) is 11.5 Å². The standard InChI is InChI=1S/C17H17N3O2S2/c1-21-14-8-6-12(7-9-14)11-23-17-20-19-16(24-17)18-13-4-3-5-15(10-13)22-2/h3-10H,11H2,1-2H3,(H,18,19). The van der Waals surface area contributed by atoms with Gasteiger partial charge < -0.3 is 14.8 Å². The van der Waals surface area contributed by atoms with Crippen molar-refractivity contribution in [2.75, 3.05) is 19.5 Å². The number of anilines is 2. The Bertz CT molecular complexity index is 791. The molecule has 7 heteroatoms. The molecule has 0 aliphatic carbocycles. The Morgan fingerprint density at radius 2 is 1.79 bits per heavy atom. The lowest BCUT2D eigenvalue weighted by atomic mass is 10.2. The van der Waals surface area contributed by atoms with Crippen LogP contribution in [0.4, 0.5) is 10.8 Å². The van der Waals surface area contributed by atoms with Crippen LogP contribution in [0.15, 0.2) is 52.9 Å². The third kappa shape index (κ3) is 4.39. The van der Waals surface area contributed by atoms with E-state index < -0.39 is 0 Å². The molecular formula is C17H17N3O2S2. The summed E-state index contributed by atoms with van der Waals surface area (Å²) in [6.45, 7) is 0. The number of aromatic nitrogens is 2. The first-order valence-electron chi connectivity index (χ1n) is 7.27. The Morgan fingerprint density at radius 3 is 2.54 bits per heavy atom. The normalized spacial score (nSPS) is 10.4. The molecule has 5 nitrogen and oxygen atoms in total. The Balaban J connectivity index is 1.58. The van der Waals surface area contributed by atoms with E-state index in [9.17, 15) is 0 Å².